The number of anilines is 1. The van der Waals surface area contributed by atoms with Crippen LogP contribution in [0.4, 0.5) is 5.82 Å². The number of aromatic nitrogens is 1. The van der Waals surface area contributed by atoms with Crippen LogP contribution in [-0.4, -0.2) is 10.1 Å². The normalized spacial score (nSPS) is 9.29. The summed E-state index contributed by atoms with van der Waals surface area (Å²) in [5.41, 5.74) is 5.61. The number of nitrogens with zero attached hydrogens (tertiary/aromatic N) is 1. The fourth-order valence-corrected chi connectivity index (χ4v) is 1.19. The molecule has 3 N–H and O–H groups in total. The highest BCUT2D eigenvalue weighted by Gasteiger charge is 1.97. The molecule has 0 spiro atoms. The van der Waals surface area contributed by atoms with Crippen LogP contribution in [0.25, 0.3) is 10.8 Å². The average Bonchev–Trinajstić information content (AvgIpc) is 2.21. The summed E-state index contributed by atoms with van der Waals surface area (Å²) in [7, 11) is 0. The Labute approximate surface area is 83.2 Å². The number of hydrogen-bond donors (Lipinski definition) is 2. The van der Waals surface area contributed by atoms with Gasteiger partial charge in [0.2, 0.25) is 0 Å². The fraction of sp³-hybridized carbons (Fsp3) is 0.182. The minimum atomic E-state index is 0.244. The minimum absolute atomic E-state index is 0.244. The van der Waals surface area contributed by atoms with Crippen LogP contribution in [0.15, 0.2) is 30.5 Å². The number of rotatable bonds is 0. The number of phenolic OH excluding ortho intramolecular Hbond substituents is 1. The van der Waals surface area contributed by atoms with E-state index in [1.165, 1.54) is 0 Å². The second kappa shape index (κ2) is 4.46. The minimum Gasteiger partial charge on any atom is -0.508 e. The van der Waals surface area contributed by atoms with Gasteiger partial charge in [-0.3, -0.25) is 0 Å². The van der Waals surface area contributed by atoms with Gasteiger partial charge in [-0.25, -0.2) is 4.98 Å². The van der Waals surface area contributed by atoms with E-state index in [4.69, 9.17) is 10.8 Å². The molecule has 0 atom stereocenters. The first-order valence-corrected chi connectivity index (χ1v) is 4.60. The highest BCUT2D eigenvalue weighted by Crippen LogP contribution is 2.22. The van der Waals surface area contributed by atoms with Crippen LogP contribution in [0.3, 0.4) is 0 Å². The molecule has 0 saturated heterocycles. The first-order chi connectivity index (χ1) is 6.77. The van der Waals surface area contributed by atoms with E-state index < -0.39 is 0 Å². The van der Waals surface area contributed by atoms with Gasteiger partial charge >= 0.3 is 0 Å². The molecule has 2 aromatic rings. The van der Waals surface area contributed by atoms with Gasteiger partial charge in [0.05, 0.1) is 0 Å². The summed E-state index contributed by atoms with van der Waals surface area (Å²) in [6.45, 7) is 4.00. The largest absolute Gasteiger partial charge is 0.508 e. The van der Waals surface area contributed by atoms with Gasteiger partial charge in [-0.15, -0.1) is 0 Å². The van der Waals surface area contributed by atoms with Gasteiger partial charge in [-0.05, 0) is 29.7 Å². The van der Waals surface area contributed by atoms with Gasteiger partial charge in [0.15, 0.2) is 0 Å². The first kappa shape index (κ1) is 10.3. The summed E-state index contributed by atoms with van der Waals surface area (Å²) in [4.78, 5) is 3.93. The maximum absolute atomic E-state index is 9.16. The third kappa shape index (κ3) is 1.93. The molecule has 1 aromatic carbocycles. The van der Waals surface area contributed by atoms with E-state index in [-0.39, 0.29) is 5.75 Å². The van der Waals surface area contributed by atoms with Gasteiger partial charge in [-0.1, -0.05) is 13.8 Å². The van der Waals surface area contributed by atoms with Crippen molar-refractivity contribution in [1.82, 2.24) is 4.98 Å². The zero-order valence-corrected chi connectivity index (χ0v) is 8.36. The van der Waals surface area contributed by atoms with Gasteiger partial charge in [0.1, 0.15) is 11.6 Å². The molecule has 0 radical (unpaired) electrons. The maximum Gasteiger partial charge on any atom is 0.131 e. The second-order valence-corrected chi connectivity index (χ2v) is 2.60. The average molecular weight is 190 g/mol. The molecule has 14 heavy (non-hydrogen) atoms. The molecular formula is C11H14N2O. The van der Waals surface area contributed by atoms with Crippen molar-refractivity contribution < 1.29 is 5.11 Å². The highest BCUT2D eigenvalue weighted by atomic mass is 16.3. The summed E-state index contributed by atoms with van der Waals surface area (Å²) >= 11 is 0. The van der Waals surface area contributed by atoms with Gasteiger partial charge < -0.3 is 10.8 Å². The summed E-state index contributed by atoms with van der Waals surface area (Å²) in [5.74, 6) is 0.737. The molecule has 0 unspecified atom stereocenters. The SMILES string of the molecule is CC.Nc1nccc2cc(O)ccc12. The Morgan fingerprint density at radius 2 is 1.93 bits per heavy atom. The molecule has 74 valence electrons. The van der Waals surface area contributed by atoms with Crippen molar-refractivity contribution in [2.45, 2.75) is 13.8 Å². The van der Waals surface area contributed by atoms with Crippen molar-refractivity contribution >= 4 is 16.6 Å². The summed E-state index contributed by atoms with van der Waals surface area (Å²) in [5, 5.41) is 10.9. The Balaban J connectivity index is 0.000000461. The predicted octanol–water partition coefficient (Wildman–Crippen LogP) is 2.55. The molecule has 1 aromatic heterocycles. The Kier molecular flexibility index (Phi) is 3.29. The number of benzene rings is 1. The third-order valence-corrected chi connectivity index (χ3v) is 1.78. The van der Waals surface area contributed by atoms with Crippen molar-refractivity contribution in [3.05, 3.63) is 30.5 Å². The lowest BCUT2D eigenvalue weighted by Gasteiger charge is -1.99. The fourth-order valence-electron chi connectivity index (χ4n) is 1.19. The predicted molar refractivity (Wildman–Crippen MR) is 59.2 cm³/mol. The molecule has 1 heterocycles. The number of fused-ring (bicyclic) bond motifs is 1. The monoisotopic (exact) mass is 190 g/mol. The lowest BCUT2D eigenvalue weighted by Crippen LogP contribution is -1.89. The van der Waals surface area contributed by atoms with Crippen molar-refractivity contribution in [3.63, 3.8) is 0 Å². The van der Waals surface area contributed by atoms with Crippen LogP contribution >= 0.6 is 0 Å². The Hall–Kier alpha value is -1.77. The zero-order valence-electron chi connectivity index (χ0n) is 8.36. The Bertz CT molecular complexity index is 427. The maximum atomic E-state index is 9.16. The smallest absolute Gasteiger partial charge is 0.131 e. The Morgan fingerprint density at radius 3 is 2.64 bits per heavy atom. The van der Waals surface area contributed by atoms with Crippen LogP contribution in [0.5, 0.6) is 5.75 Å². The number of phenols is 1. The molecule has 0 saturated carbocycles. The number of aromatic hydroxyl groups is 1. The van der Waals surface area contributed by atoms with E-state index in [2.05, 4.69) is 4.98 Å². The molecule has 2 rings (SSSR count). The van der Waals surface area contributed by atoms with Crippen LogP contribution in [0.2, 0.25) is 0 Å². The standard InChI is InChI=1S/C9H8N2O.C2H6/c10-9-8-2-1-7(12)5-6(8)3-4-11-9;1-2/h1-5,12H,(H2,10,11);1-2H3. The molecule has 0 aliphatic carbocycles. The molecule has 0 amide bonds. The highest BCUT2D eigenvalue weighted by molar-refractivity contribution is 5.91. The molecule has 0 fully saturated rings. The van der Waals surface area contributed by atoms with Gasteiger partial charge in [0, 0.05) is 11.6 Å². The van der Waals surface area contributed by atoms with Crippen LogP contribution in [0.1, 0.15) is 13.8 Å². The number of hydrogen-bond acceptors (Lipinski definition) is 3. The van der Waals surface area contributed by atoms with E-state index in [9.17, 15) is 0 Å². The lowest BCUT2D eigenvalue weighted by molar-refractivity contribution is 0.476. The van der Waals surface area contributed by atoms with Crippen LogP contribution in [0, 0.1) is 0 Å². The summed E-state index contributed by atoms with van der Waals surface area (Å²) in [6, 6.07) is 6.83. The summed E-state index contributed by atoms with van der Waals surface area (Å²) in [6.07, 6.45) is 1.62. The summed E-state index contributed by atoms with van der Waals surface area (Å²) < 4.78 is 0. The van der Waals surface area contributed by atoms with Gasteiger partial charge in [0.25, 0.3) is 0 Å². The van der Waals surface area contributed by atoms with E-state index in [1.807, 2.05) is 19.9 Å². The topological polar surface area (TPSA) is 59.1 Å². The molecule has 3 nitrogen and oxygen atoms in total. The van der Waals surface area contributed by atoms with Crippen molar-refractivity contribution in [2.24, 2.45) is 0 Å². The third-order valence-electron chi connectivity index (χ3n) is 1.78. The van der Waals surface area contributed by atoms with Crippen LogP contribution in [-0.2, 0) is 0 Å². The quantitative estimate of drug-likeness (QED) is 0.671. The molecule has 0 aliphatic heterocycles. The second-order valence-electron chi connectivity index (χ2n) is 2.60. The van der Waals surface area contributed by atoms with Gasteiger partial charge in [-0.2, -0.15) is 0 Å². The van der Waals surface area contributed by atoms with Crippen molar-refractivity contribution in [1.29, 1.82) is 0 Å². The molecule has 0 bridgehead atoms. The van der Waals surface area contributed by atoms with Crippen molar-refractivity contribution in [3.8, 4) is 5.75 Å². The number of pyridine rings is 1. The number of nitrogens with two attached hydrogens (primary N) is 1. The molecule has 3 heteroatoms. The Morgan fingerprint density at radius 1 is 1.21 bits per heavy atom. The van der Waals surface area contributed by atoms with E-state index in [0.29, 0.717) is 5.82 Å². The lowest BCUT2D eigenvalue weighted by atomic mass is 10.1. The van der Waals surface area contributed by atoms with Crippen molar-refractivity contribution in [2.75, 3.05) is 5.73 Å². The van der Waals surface area contributed by atoms with E-state index >= 15 is 0 Å². The van der Waals surface area contributed by atoms with E-state index in [0.717, 1.165) is 10.8 Å². The molecule has 0 aliphatic rings. The zero-order chi connectivity index (χ0) is 10.6. The van der Waals surface area contributed by atoms with Crippen LogP contribution < -0.4 is 5.73 Å². The van der Waals surface area contributed by atoms with E-state index in [1.54, 1.807) is 24.4 Å². The number of nitrogen functional groups attached to an aromatic ring is 1. The first-order valence-electron chi connectivity index (χ1n) is 4.60. The molecular weight excluding hydrogens is 176 g/mol.